The molecule has 0 aromatic heterocycles. The minimum absolute atomic E-state index is 0.00748. The van der Waals surface area contributed by atoms with Gasteiger partial charge in [0.05, 0.1) is 13.2 Å². The van der Waals surface area contributed by atoms with Crippen LogP contribution in [0.3, 0.4) is 0 Å². The molecule has 1 aliphatic heterocycles. The lowest BCUT2D eigenvalue weighted by Crippen LogP contribution is -2.09. The van der Waals surface area contributed by atoms with Crippen LogP contribution in [0.1, 0.15) is 71.1 Å². The molecule has 1 rings (SSSR count). The maximum atomic E-state index is 11.8. The zero-order valence-electron chi connectivity index (χ0n) is 14.3. The number of esters is 1. The van der Waals surface area contributed by atoms with Crippen molar-refractivity contribution in [2.75, 3.05) is 19.8 Å². The fraction of sp³-hybridized carbons (Fsp3) is 0.778. The molecule has 0 N–H and O–H groups in total. The SMILES string of the molecule is [C-]#[N+]C(C(=O)OCCCCCCCCCCCC)=C1OCCO1. The van der Waals surface area contributed by atoms with Crippen molar-refractivity contribution in [3.8, 4) is 0 Å². The predicted molar refractivity (Wildman–Crippen MR) is 88.3 cm³/mol. The molecule has 0 saturated carbocycles. The van der Waals surface area contributed by atoms with Crippen LogP contribution in [0.25, 0.3) is 4.85 Å². The summed E-state index contributed by atoms with van der Waals surface area (Å²) in [6.07, 6.45) is 12.3. The number of ether oxygens (including phenoxy) is 3. The number of carbonyl (C=O) groups excluding carboxylic acids is 1. The second kappa shape index (κ2) is 12.8. The van der Waals surface area contributed by atoms with Gasteiger partial charge in [0.2, 0.25) is 0 Å². The third kappa shape index (κ3) is 8.49. The molecule has 0 spiro atoms. The third-order valence-corrected chi connectivity index (χ3v) is 3.78. The van der Waals surface area contributed by atoms with Crippen LogP contribution in [0.4, 0.5) is 0 Å². The van der Waals surface area contributed by atoms with E-state index in [0.29, 0.717) is 19.8 Å². The summed E-state index contributed by atoms with van der Waals surface area (Å²) in [6, 6.07) is 0. The summed E-state index contributed by atoms with van der Waals surface area (Å²) in [5.74, 6) is -0.638. The number of nitrogens with zero attached hydrogens (tertiary/aromatic N) is 1. The fourth-order valence-corrected chi connectivity index (χ4v) is 2.44. The molecule has 1 fully saturated rings. The monoisotopic (exact) mass is 323 g/mol. The average Bonchev–Trinajstić information content (AvgIpc) is 3.07. The Morgan fingerprint density at radius 2 is 1.52 bits per heavy atom. The van der Waals surface area contributed by atoms with Gasteiger partial charge in [0.25, 0.3) is 5.95 Å². The van der Waals surface area contributed by atoms with Crippen LogP contribution in [-0.2, 0) is 19.0 Å². The highest BCUT2D eigenvalue weighted by Crippen LogP contribution is 2.16. The van der Waals surface area contributed by atoms with Gasteiger partial charge in [0.15, 0.2) is 0 Å². The Kier molecular flexibility index (Phi) is 10.8. The largest absolute Gasteiger partial charge is 0.470 e. The van der Waals surface area contributed by atoms with Crippen molar-refractivity contribution in [1.29, 1.82) is 0 Å². The van der Waals surface area contributed by atoms with Gasteiger partial charge in [-0.25, -0.2) is 4.85 Å². The number of hydrogen-bond acceptors (Lipinski definition) is 4. The van der Waals surface area contributed by atoms with Crippen molar-refractivity contribution in [2.45, 2.75) is 71.1 Å². The van der Waals surface area contributed by atoms with Gasteiger partial charge < -0.3 is 14.2 Å². The normalized spacial score (nSPS) is 13.1. The quantitative estimate of drug-likeness (QED) is 0.228. The van der Waals surface area contributed by atoms with E-state index in [-0.39, 0.29) is 11.6 Å². The van der Waals surface area contributed by atoms with E-state index >= 15 is 0 Å². The maximum absolute atomic E-state index is 11.8. The van der Waals surface area contributed by atoms with Crippen LogP contribution in [-0.4, -0.2) is 25.8 Å². The van der Waals surface area contributed by atoms with Crippen molar-refractivity contribution in [1.82, 2.24) is 0 Å². The number of unbranched alkanes of at least 4 members (excludes halogenated alkanes) is 9. The second-order valence-electron chi connectivity index (χ2n) is 5.76. The smallest absolute Gasteiger partial charge is 0.346 e. The highest BCUT2D eigenvalue weighted by Gasteiger charge is 2.24. The maximum Gasteiger partial charge on any atom is 0.346 e. The number of carbonyl (C=O) groups is 1. The van der Waals surface area contributed by atoms with Gasteiger partial charge in [-0.2, -0.15) is 0 Å². The van der Waals surface area contributed by atoms with Crippen LogP contribution >= 0.6 is 0 Å². The van der Waals surface area contributed by atoms with Crippen molar-refractivity contribution in [2.24, 2.45) is 0 Å². The molecule has 5 nitrogen and oxygen atoms in total. The van der Waals surface area contributed by atoms with Gasteiger partial charge in [-0.3, -0.25) is 4.79 Å². The molecule has 5 heteroatoms. The first-order valence-corrected chi connectivity index (χ1v) is 8.84. The molecule has 0 bridgehead atoms. The fourth-order valence-electron chi connectivity index (χ4n) is 2.44. The molecule has 1 heterocycles. The van der Waals surface area contributed by atoms with Gasteiger partial charge >= 0.3 is 11.7 Å². The molecule has 0 atom stereocenters. The minimum Gasteiger partial charge on any atom is -0.470 e. The van der Waals surface area contributed by atoms with E-state index in [1.807, 2.05) is 0 Å². The molecule has 0 aromatic carbocycles. The van der Waals surface area contributed by atoms with Gasteiger partial charge in [-0.05, 0) is 6.42 Å². The Labute approximate surface area is 139 Å². The molecule has 130 valence electrons. The zero-order chi connectivity index (χ0) is 16.8. The minimum atomic E-state index is -0.646. The summed E-state index contributed by atoms with van der Waals surface area (Å²) in [5.41, 5.74) is -0.186. The van der Waals surface area contributed by atoms with Gasteiger partial charge in [0, 0.05) is 0 Å². The molecule has 23 heavy (non-hydrogen) atoms. The lowest BCUT2D eigenvalue weighted by Gasteiger charge is -2.05. The van der Waals surface area contributed by atoms with Crippen LogP contribution in [0, 0.1) is 6.57 Å². The molecule has 0 aromatic rings. The van der Waals surface area contributed by atoms with E-state index in [1.165, 1.54) is 51.4 Å². The second-order valence-corrected chi connectivity index (χ2v) is 5.76. The average molecular weight is 323 g/mol. The van der Waals surface area contributed by atoms with Crippen LogP contribution < -0.4 is 0 Å². The van der Waals surface area contributed by atoms with E-state index < -0.39 is 5.97 Å². The van der Waals surface area contributed by atoms with E-state index in [2.05, 4.69) is 11.8 Å². The summed E-state index contributed by atoms with van der Waals surface area (Å²) in [7, 11) is 0. The summed E-state index contributed by atoms with van der Waals surface area (Å²) in [4.78, 5) is 14.9. The Morgan fingerprint density at radius 1 is 1.00 bits per heavy atom. The first kappa shape index (κ1) is 19.3. The highest BCUT2D eigenvalue weighted by atomic mass is 16.7. The summed E-state index contributed by atoms with van der Waals surface area (Å²) in [5, 5.41) is 0. The van der Waals surface area contributed by atoms with E-state index in [4.69, 9.17) is 20.8 Å². The Balaban J connectivity index is 1.99. The topological polar surface area (TPSA) is 49.1 Å². The van der Waals surface area contributed by atoms with Crippen LogP contribution in [0.15, 0.2) is 11.6 Å². The zero-order valence-corrected chi connectivity index (χ0v) is 14.3. The molecule has 1 aliphatic rings. The Morgan fingerprint density at radius 3 is 2.04 bits per heavy atom. The number of rotatable bonds is 12. The molecule has 0 amide bonds. The van der Waals surface area contributed by atoms with E-state index in [9.17, 15) is 4.79 Å². The molecule has 0 aliphatic carbocycles. The van der Waals surface area contributed by atoms with E-state index in [0.717, 1.165) is 12.8 Å². The molecular formula is C18H29NO4. The van der Waals surface area contributed by atoms with Crippen molar-refractivity contribution < 1.29 is 19.0 Å². The van der Waals surface area contributed by atoms with E-state index in [1.54, 1.807) is 0 Å². The summed E-state index contributed by atoms with van der Waals surface area (Å²) >= 11 is 0. The Bertz CT molecular complexity index is 404. The lowest BCUT2D eigenvalue weighted by molar-refractivity contribution is -0.139. The van der Waals surface area contributed by atoms with Crippen molar-refractivity contribution in [3.63, 3.8) is 0 Å². The third-order valence-electron chi connectivity index (χ3n) is 3.78. The van der Waals surface area contributed by atoms with Crippen LogP contribution in [0.5, 0.6) is 0 Å². The molecule has 1 saturated heterocycles. The van der Waals surface area contributed by atoms with Crippen molar-refractivity contribution >= 4 is 5.97 Å². The van der Waals surface area contributed by atoms with Crippen LogP contribution in [0.2, 0.25) is 0 Å². The molecular weight excluding hydrogens is 294 g/mol. The number of hydrogen-bond donors (Lipinski definition) is 0. The predicted octanol–water partition coefficient (Wildman–Crippen LogP) is 4.59. The summed E-state index contributed by atoms with van der Waals surface area (Å²) < 4.78 is 15.3. The first-order valence-electron chi connectivity index (χ1n) is 8.84. The van der Waals surface area contributed by atoms with Gasteiger partial charge in [-0.1, -0.05) is 64.7 Å². The molecule has 0 unspecified atom stereocenters. The lowest BCUT2D eigenvalue weighted by atomic mass is 10.1. The standard InChI is InChI=1S/C18H29NO4/c1-3-4-5-6-7-8-9-10-11-12-13-21-17(20)16(19-2)18-22-14-15-23-18/h3-15H2,1H3. The van der Waals surface area contributed by atoms with Gasteiger partial charge in [-0.15, -0.1) is 0 Å². The summed E-state index contributed by atoms with van der Waals surface area (Å²) in [6.45, 7) is 10.3. The molecule has 0 radical (unpaired) electrons. The highest BCUT2D eigenvalue weighted by molar-refractivity contribution is 5.90. The Hall–Kier alpha value is -1.70. The van der Waals surface area contributed by atoms with Crippen molar-refractivity contribution in [3.05, 3.63) is 23.1 Å². The van der Waals surface area contributed by atoms with Gasteiger partial charge in [0.1, 0.15) is 13.2 Å². The first-order chi connectivity index (χ1) is 11.3.